The normalized spacial score (nSPS) is 12.0. The molecule has 0 aliphatic carbocycles. The van der Waals surface area contributed by atoms with Crippen LogP contribution in [0.5, 0.6) is 5.75 Å². The molecule has 0 heterocycles. The first-order valence-electron chi connectivity index (χ1n) is 9.58. The fourth-order valence-corrected chi connectivity index (χ4v) is 3.07. The van der Waals surface area contributed by atoms with Crippen molar-refractivity contribution in [3.05, 3.63) is 66.0 Å². The summed E-state index contributed by atoms with van der Waals surface area (Å²) in [6.07, 6.45) is 0.898. The van der Waals surface area contributed by atoms with Gasteiger partial charge in [-0.2, -0.15) is 0 Å². The van der Waals surface area contributed by atoms with Crippen molar-refractivity contribution in [2.24, 2.45) is 0 Å². The lowest BCUT2D eigenvalue weighted by Crippen LogP contribution is -2.38. The quantitative estimate of drug-likeness (QED) is 0.602. The van der Waals surface area contributed by atoms with Crippen molar-refractivity contribution in [3.63, 3.8) is 0 Å². The van der Waals surface area contributed by atoms with Gasteiger partial charge in [0, 0.05) is 13.0 Å². The average molecular weight is 372 g/mol. The number of ether oxygens (including phenoxy) is 1. The first kappa shape index (κ1) is 20.9. The highest BCUT2D eigenvalue weighted by Crippen LogP contribution is 2.19. The maximum atomic E-state index is 13.5. The van der Waals surface area contributed by atoms with Crippen LogP contribution in [-0.4, -0.2) is 37.0 Å². The van der Waals surface area contributed by atoms with E-state index >= 15 is 0 Å². The number of carbonyl (C=O) groups is 1. The summed E-state index contributed by atoms with van der Waals surface area (Å²) in [6.45, 7) is 6.97. The van der Waals surface area contributed by atoms with Crippen molar-refractivity contribution in [2.75, 3.05) is 26.2 Å². The van der Waals surface area contributed by atoms with E-state index < -0.39 is 0 Å². The Balaban J connectivity index is 1.79. The van der Waals surface area contributed by atoms with E-state index in [2.05, 4.69) is 36.2 Å². The molecule has 0 aliphatic heterocycles. The van der Waals surface area contributed by atoms with E-state index in [-0.39, 0.29) is 23.5 Å². The number of halogens is 1. The standard InChI is InChI=1S/C22H29FN2O2/c1-3-25(4-2)20(18-11-6-5-7-12-18)17-24-22(26)15-10-16-27-21-14-9-8-13-19(21)23/h5-9,11-14,20H,3-4,10,15-17H2,1-2H3,(H,24,26). The van der Waals surface area contributed by atoms with Gasteiger partial charge in [-0.05, 0) is 37.2 Å². The molecule has 0 saturated heterocycles. The number of hydrogen-bond donors (Lipinski definition) is 1. The topological polar surface area (TPSA) is 41.6 Å². The fraction of sp³-hybridized carbons (Fsp3) is 0.409. The van der Waals surface area contributed by atoms with Gasteiger partial charge in [0.2, 0.25) is 5.91 Å². The van der Waals surface area contributed by atoms with Crippen LogP contribution < -0.4 is 10.1 Å². The van der Waals surface area contributed by atoms with E-state index in [1.807, 2.05) is 18.2 Å². The maximum absolute atomic E-state index is 13.5. The summed E-state index contributed by atoms with van der Waals surface area (Å²) in [5, 5.41) is 3.03. The minimum absolute atomic E-state index is 0.0137. The van der Waals surface area contributed by atoms with Crippen molar-refractivity contribution in [1.82, 2.24) is 10.2 Å². The summed E-state index contributed by atoms with van der Waals surface area (Å²) >= 11 is 0. The van der Waals surface area contributed by atoms with E-state index in [1.165, 1.54) is 11.6 Å². The Hall–Kier alpha value is -2.40. The second-order valence-corrected chi connectivity index (χ2v) is 6.33. The molecule has 0 saturated carbocycles. The van der Waals surface area contributed by atoms with Crippen LogP contribution in [0.2, 0.25) is 0 Å². The Kier molecular flexibility index (Phi) is 8.78. The summed E-state index contributed by atoms with van der Waals surface area (Å²) in [4.78, 5) is 14.5. The Morgan fingerprint density at radius 1 is 1.07 bits per heavy atom. The van der Waals surface area contributed by atoms with Crippen molar-refractivity contribution in [2.45, 2.75) is 32.7 Å². The molecular weight excluding hydrogens is 343 g/mol. The molecule has 27 heavy (non-hydrogen) atoms. The van der Waals surface area contributed by atoms with Gasteiger partial charge in [-0.1, -0.05) is 56.3 Å². The van der Waals surface area contributed by atoms with Crippen LogP contribution in [0, 0.1) is 5.82 Å². The Labute approximate surface area is 161 Å². The molecule has 2 aromatic carbocycles. The zero-order valence-electron chi connectivity index (χ0n) is 16.2. The summed E-state index contributed by atoms with van der Waals surface area (Å²) in [7, 11) is 0. The summed E-state index contributed by atoms with van der Waals surface area (Å²) in [5.74, 6) is -0.171. The molecule has 1 amide bonds. The molecule has 0 spiro atoms. The highest BCUT2D eigenvalue weighted by molar-refractivity contribution is 5.75. The van der Waals surface area contributed by atoms with Gasteiger partial charge in [-0.25, -0.2) is 4.39 Å². The minimum Gasteiger partial charge on any atom is -0.491 e. The van der Waals surface area contributed by atoms with Crippen molar-refractivity contribution < 1.29 is 13.9 Å². The van der Waals surface area contributed by atoms with Gasteiger partial charge in [-0.15, -0.1) is 0 Å². The molecule has 5 heteroatoms. The molecule has 0 radical (unpaired) electrons. The second-order valence-electron chi connectivity index (χ2n) is 6.33. The van der Waals surface area contributed by atoms with E-state index in [1.54, 1.807) is 18.2 Å². The van der Waals surface area contributed by atoms with Crippen LogP contribution in [0.4, 0.5) is 4.39 Å². The van der Waals surface area contributed by atoms with Crippen molar-refractivity contribution in [1.29, 1.82) is 0 Å². The van der Waals surface area contributed by atoms with Gasteiger partial charge < -0.3 is 10.1 Å². The molecule has 146 valence electrons. The lowest BCUT2D eigenvalue weighted by molar-refractivity contribution is -0.121. The predicted octanol–water partition coefficient (Wildman–Crippen LogP) is 4.18. The van der Waals surface area contributed by atoms with Crippen LogP contribution in [-0.2, 0) is 4.79 Å². The fourth-order valence-electron chi connectivity index (χ4n) is 3.07. The first-order chi connectivity index (χ1) is 13.2. The summed E-state index contributed by atoms with van der Waals surface area (Å²) in [6, 6.07) is 16.7. The number of likely N-dealkylation sites (N-methyl/N-ethyl adjacent to an activating group) is 1. The molecule has 0 fully saturated rings. The van der Waals surface area contributed by atoms with Crippen molar-refractivity contribution in [3.8, 4) is 5.75 Å². The minimum atomic E-state index is -0.383. The highest BCUT2D eigenvalue weighted by Gasteiger charge is 2.18. The zero-order chi connectivity index (χ0) is 19.5. The number of nitrogens with zero attached hydrogens (tertiary/aromatic N) is 1. The average Bonchev–Trinajstić information content (AvgIpc) is 2.70. The number of rotatable bonds is 11. The van der Waals surface area contributed by atoms with Crippen LogP contribution >= 0.6 is 0 Å². The van der Waals surface area contributed by atoms with Crippen LogP contribution in [0.1, 0.15) is 38.3 Å². The highest BCUT2D eigenvalue weighted by atomic mass is 19.1. The third-order valence-corrected chi connectivity index (χ3v) is 4.57. The van der Waals surface area contributed by atoms with Gasteiger partial charge in [0.1, 0.15) is 0 Å². The zero-order valence-corrected chi connectivity index (χ0v) is 16.2. The Morgan fingerprint density at radius 3 is 2.41 bits per heavy atom. The predicted molar refractivity (Wildman–Crippen MR) is 106 cm³/mol. The number of nitrogens with one attached hydrogen (secondary N) is 1. The van der Waals surface area contributed by atoms with Crippen LogP contribution in [0.15, 0.2) is 54.6 Å². The van der Waals surface area contributed by atoms with E-state index in [9.17, 15) is 9.18 Å². The SMILES string of the molecule is CCN(CC)C(CNC(=O)CCCOc1ccccc1F)c1ccccc1. The third kappa shape index (κ3) is 6.68. The van der Waals surface area contributed by atoms with Gasteiger partial charge in [0.15, 0.2) is 11.6 Å². The number of para-hydroxylation sites is 1. The van der Waals surface area contributed by atoms with Crippen molar-refractivity contribution >= 4 is 5.91 Å². The monoisotopic (exact) mass is 372 g/mol. The number of benzene rings is 2. The maximum Gasteiger partial charge on any atom is 0.220 e. The summed E-state index contributed by atoms with van der Waals surface area (Å²) in [5.41, 5.74) is 1.20. The molecule has 1 unspecified atom stereocenters. The molecule has 0 aliphatic rings. The third-order valence-electron chi connectivity index (χ3n) is 4.57. The lowest BCUT2D eigenvalue weighted by Gasteiger charge is -2.30. The van der Waals surface area contributed by atoms with E-state index in [0.29, 0.717) is 26.0 Å². The number of hydrogen-bond acceptors (Lipinski definition) is 3. The lowest BCUT2D eigenvalue weighted by atomic mass is 10.0. The molecule has 2 rings (SSSR count). The van der Waals surface area contributed by atoms with Gasteiger partial charge in [-0.3, -0.25) is 9.69 Å². The van der Waals surface area contributed by atoms with E-state index in [4.69, 9.17) is 4.74 Å². The molecule has 4 nitrogen and oxygen atoms in total. The molecule has 2 aromatic rings. The number of carbonyl (C=O) groups excluding carboxylic acids is 1. The molecule has 0 bridgehead atoms. The van der Waals surface area contributed by atoms with Gasteiger partial charge >= 0.3 is 0 Å². The van der Waals surface area contributed by atoms with Crippen LogP contribution in [0.3, 0.4) is 0 Å². The number of amides is 1. The van der Waals surface area contributed by atoms with Gasteiger partial charge in [0.05, 0.1) is 12.6 Å². The van der Waals surface area contributed by atoms with Crippen LogP contribution in [0.25, 0.3) is 0 Å². The smallest absolute Gasteiger partial charge is 0.220 e. The molecule has 0 aromatic heterocycles. The summed E-state index contributed by atoms with van der Waals surface area (Å²) < 4.78 is 18.9. The second kappa shape index (κ2) is 11.3. The van der Waals surface area contributed by atoms with E-state index in [0.717, 1.165) is 13.1 Å². The largest absolute Gasteiger partial charge is 0.491 e. The Bertz CT molecular complexity index is 690. The first-order valence-corrected chi connectivity index (χ1v) is 9.58. The molecular formula is C22H29FN2O2. The van der Waals surface area contributed by atoms with Gasteiger partial charge in [0.25, 0.3) is 0 Å². The Morgan fingerprint density at radius 2 is 1.74 bits per heavy atom. The molecule has 1 atom stereocenters. The molecule has 1 N–H and O–H groups in total.